The number of nitrogens with one attached hydrogen (secondary N) is 2. The number of hydrogen-bond donors (Lipinski definition) is 2. The molecule has 1 saturated carbocycles. The van der Waals surface area contributed by atoms with E-state index >= 15 is 0 Å². The maximum atomic E-state index is 12.0. The molecular formula is C16H19N3O6. The summed E-state index contributed by atoms with van der Waals surface area (Å²) < 4.78 is 10.1. The molecule has 4 amide bonds. The topological polar surface area (TPSA) is 118 Å². The molecule has 1 saturated heterocycles. The molecule has 0 aromatic carbocycles. The molecule has 1 aromatic rings. The molecule has 2 heterocycles. The van der Waals surface area contributed by atoms with E-state index in [0.29, 0.717) is 5.76 Å². The van der Waals surface area contributed by atoms with Crippen LogP contribution in [-0.2, 0) is 25.7 Å². The first kappa shape index (κ1) is 17.0. The first-order valence-corrected chi connectivity index (χ1v) is 8.08. The monoisotopic (exact) mass is 349 g/mol. The van der Waals surface area contributed by atoms with E-state index in [4.69, 9.17) is 9.15 Å². The minimum atomic E-state index is -0.705. The van der Waals surface area contributed by atoms with Crippen molar-refractivity contribution in [1.82, 2.24) is 15.5 Å². The standard InChI is InChI=1S/C16H19N3O6/c20-13(18-16(23)17-11-3-4-11)9-25-15(22)10-6-14(21)19(7-10)8-12-2-1-5-24-12/h1-2,5,10-11H,3-4,6-9H2,(H2,17,18,20,23)/t10-/m1/s1. The van der Waals surface area contributed by atoms with Gasteiger partial charge in [-0.2, -0.15) is 0 Å². The van der Waals surface area contributed by atoms with E-state index in [-0.39, 0.29) is 31.5 Å². The average Bonchev–Trinajstić information content (AvgIpc) is 3.07. The lowest BCUT2D eigenvalue weighted by Gasteiger charge is -2.14. The highest BCUT2D eigenvalue weighted by Crippen LogP contribution is 2.21. The molecule has 2 fully saturated rings. The van der Waals surface area contributed by atoms with Crippen molar-refractivity contribution in [3.63, 3.8) is 0 Å². The maximum absolute atomic E-state index is 12.0. The molecule has 1 atom stereocenters. The number of ether oxygens (including phenoxy) is 1. The van der Waals surface area contributed by atoms with Crippen molar-refractivity contribution in [1.29, 1.82) is 0 Å². The third kappa shape index (κ3) is 4.82. The molecule has 0 spiro atoms. The Kier molecular flexibility index (Phi) is 5.01. The van der Waals surface area contributed by atoms with Crippen molar-refractivity contribution in [3.8, 4) is 0 Å². The zero-order chi connectivity index (χ0) is 17.8. The van der Waals surface area contributed by atoms with Gasteiger partial charge >= 0.3 is 12.0 Å². The summed E-state index contributed by atoms with van der Waals surface area (Å²) in [5.74, 6) is -1.51. The lowest BCUT2D eigenvalue weighted by molar-refractivity contribution is -0.152. The van der Waals surface area contributed by atoms with Gasteiger partial charge in [-0.15, -0.1) is 0 Å². The smallest absolute Gasteiger partial charge is 0.321 e. The molecule has 134 valence electrons. The van der Waals surface area contributed by atoms with Crippen molar-refractivity contribution < 1.29 is 28.3 Å². The fraction of sp³-hybridized carbons (Fsp3) is 0.500. The van der Waals surface area contributed by atoms with Crippen LogP contribution in [-0.4, -0.2) is 47.9 Å². The van der Waals surface area contributed by atoms with E-state index < -0.39 is 30.4 Å². The Balaban J connectivity index is 1.39. The Hall–Kier alpha value is -2.84. The van der Waals surface area contributed by atoms with E-state index in [2.05, 4.69) is 10.6 Å². The van der Waals surface area contributed by atoms with Crippen LogP contribution >= 0.6 is 0 Å². The molecular weight excluding hydrogens is 330 g/mol. The van der Waals surface area contributed by atoms with Gasteiger partial charge in [0.15, 0.2) is 6.61 Å². The highest BCUT2D eigenvalue weighted by atomic mass is 16.5. The van der Waals surface area contributed by atoms with E-state index in [1.165, 1.54) is 11.2 Å². The second-order valence-electron chi connectivity index (χ2n) is 6.16. The molecule has 0 unspecified atom stereocenters. The first-order valence-electron chi connectivity index (χ1n) is 8.08. The quantitative estimate of drug-likeness (QED) is 0.706. The Morgan fingerprint density at radius 2 is 2.12 bits per heavy atom. The fourth-order valence-electron chi connectivity index (χ4n) is 2.54. The van der Waals surface area contributed by atoms with Crippen LogP contribution in [0.1, 0.15) is 25.0 Å². The Morgan fingerprint density at radius 3 is 2.80 bits per heavy atom. The number of hydrogen-bond acceptors (Lipinski definition) is 6. The molecule has 1 aliphatic heterocycles. The Labute approximate surface area is 143 Å². The van der Waals surface area contributed by atoms with Crippen LogP contribution in [0.5, 0.6) is 0 Å². The van der Waals surface area contributed by atoms with Crippen LogP contribution in [0.2, 0.25) is 0 Å². The van der Waals surface area contributed by atoms with Gasteiger partial charge in [0.05, 0.1) is 18.7 Å². The van der Waals surface area contributed by atoms with Crippen molar-refractivity contribution >= 4 is 23.8 Å². The van der Waals surface area contributed by atoms with Crippen molar-refractivity contribution in [2.24, 2.45) is 5.92 Å². The van der Waals surface area contributed by atoms with Crippen molar-refractivity contribution in [2.75, 3.05) is 13.2 Å². The third-order valence-electron chi connectivity index (χ3n) is 3.99. The van der Waals surface area contributed by atoms with Gasteiger partial charge < -0.3 is 19.4 Å². The van der Waals surface area contributed by atoms with Crippen LogP contribution in [0.15, 0.2) is 22.8 Å². The Morgan fingerprint density at radius 1 is 1.32 bits per heavy atom. The number of likely N-dealkylation sites (tertiary alicyclic amines) is 1. The number of imide groups is 1. The van der Waals surface area contributed by atoms with E-state index in [0.717, 1.165) is 12.8 Å². The lowest BCUT2D eigenvalue weighted by atomic mass is 10.1. The van der Waals surface area contributed by atoms with Crippen molar-refractivity contribution in [2.45, 2.75) is 31.8 Å². The second kappa shape index (κ2) is 7.37. The first-order chi connectivity index (χ1) is 12.0. The summed E-state index contributed by atoms with van der Waals surface area (Å²) in [6.45, 7) is -0.0562. The molecule has 9 nitrogen and oxygen atoms in total. The number of rotatable bonds is 6. The summed E-state index contributed by atoms with van der Waals surface area (Å²) in [4.78, 5) is 48.4. The zero-order valence-electron chi connectivity index (χ0n) is 13.5. The van der Waals surface area contributed by atoms with Gasteiger partial charge in [-0.3, -0.25) is 19.7 Å². The zero-order valence-corrected chi connectivity index (χ0v) is 13.5. The summed E-state index contributed by atoms with van der Waals surface area (Å²) in [7, 11) is 0. The third-order valence-corrected chi connectivity index (χ3v) is 3.99. The van der Waals surface area contributed by atoms with Crippen LogP contribution in [0.3, 0.4) is 0 Å². The predicted molar refractivity (Wildman–Crippen MR) is 82.9 cm³/mol. The summed E-state index contributed by atoms with van der Waals surface area (Å²) in [5, 5.41) is 4.68. The van der Waals surface area contributed by atoms with Crippen LogP contribution in [0, 0.1) is 5.92 Å². The van der Waals surface area contributed by atoms with Crippen molar-refractivity contribution in [3.05, 3.63) is 24.2 Å². The van der Waals surface area contributed by atoms with Gasteiger partial charge in [0.2, 0.25) is 5.91 Å². The molecule has 2 N–H and O–H groups in total. The molecule has 9 heteroatoms. The number of carbonyl (C=O) groups is 4. The van der Waals surface area contributed by atoms with Gasteiger partial charge in [0, 0.05) is 19.0 Å². The highest BCUT2D eigenvalue weighted by Gasteiger charge is 2.36. The van der Waals surface area contributed by atoms with Crippen LogP contribution in [0.4, 0.5) is 4.79 Å². The number of nitrogens with zero attached hydrogens (tertiary/aromatic N) is 1. The van der Waals surface area contributed by atoms with Gasteiger partial charge in [0.25, 0.3) is 5.91 Å². The highest BCUT2D eigenvalue weighted by molar-refractivity contribution is 5.96. The number of urea groups is 1. The van der Waals surface area contributed by atoms with E-state index in [1.807, 2.05) is 0 Å². The van der Waals surface area contributed by atoms with Gasteiger partial charge in [-0.1, -0.05) is 0 Å². The summed E-state index contributed by atoms with van der Waals surface area (Å²) in [5.41, 5.74) is 0. The largest absolute Gasteiger partial charge is 0.467 e. The van der Waals surface area contributed by atoms with Gasteiger partial charge in [-0.05, 0) is 25.0 Å². The van der Waals surface area contributed by atoms with Gasteiger partial charge in [0.1, 0.15) is 5.76 Å². The summed E-state index contributed by atoms with van der Waals surface area (Å²) >= 11 is 0. The fourth-order valence-corrected chi connectivity index (χ4v) is 2.54. The molecule has 2 aliphatic rings. The number of esters is 1. The maximum Gasteiger partial charge on any atom is 0.321 e. The summed E-state index contributed by atoms with van der Waals surface area (Å²) in [6, 6.07) is 3.00. The molecule has 0 radical (unpaired) electrons. The molecule has 3 rings (SSSR count). The van der Waals surface area contributed by atoms with Crippen LogP contribution in [0.25, 0.3) is 0 Å². The Bertz CT molecular complexity index is 667. The number of carbonyl (C=O) groups excluding carboxylic acids is 4. The number of amides is 4. The minimum Gasteiger partial charge on any atom is -0.467 e. The van der Waals surface area contributed by atoms with Crippen LogP contribution < -0.4 is 10.6 Å². The van der Waals surface area contributed by atoms with Gasteiger partial charge in [-0.25, -0.2) is 4.79 Å². The van der Waals surface area contributed by atoms with E-state index in [9.17, 15) is 19.2 Å². The summed E-state index contributed by atoms with van der Waals surface area (Å²) in [6.07, 6.45) is 3.35. The lowest BCUT2D eigenvalue weighted by Crippen LogP contribution is -2.42. The molecule has 0 bridgehead atoms. The van der Waals surface area contributed by atoms with E-state index in [1.54, 1.807) is 12.1 Å². The SMILES string of the molecule is O=C(COC(=O)[C@@H]1CC(=O)N(Cc2ccco2)C1)NC(=O)NC1CC1. The average molecular weight is 349 g/mol. The minimum absolute atomic E-state index is 0.0311. The normalized spacial score (nSPS) is 19.6. The molecule has 1 aliphatic carbocycles. The predicted octanol–water partition coefficient (Wildman–Crippen LogP) is 0.159. The second-order valence-corrected chi connectivity index (χ2v) is 6.16. The number of furan rings is 1. The molecule has 1 aromatic heterocycles. The molecule has 25 heavy (non-hydrogen) atoms.